The summed E-state index contributed by atoms with van der Waals surface area (Å²) in [6, 6.07) is 3.69. The zero-order valence-electron chi connectivity index (χ0n) is 15.4. The molecule has 0 radical (unpaired) electrons. The zero-order valence-corrected chi connectivity index (χ0v) is 17.8. The minimum Gasteiger partial charge on any atom is -0.493 e. The van der Waals surface area contributed by atoms with Gasteiger partial charge in [0.15, 0.2) is 11.5 Å². The highest BCUT2D eigenvalue weighted by atomic mass is 79.9. The van der Waals surface area contributed by atoms with Crippen molar-refractivity contribution in [2.45, 2.75) is 24.8 Å². The van der Waals surface area contributed by atoms with E-state index < -0.39 is 18.1 Å². The predicted molar refractivity (Wildman–Crippen MR) is 103 cm³/mol. The van der Waals surface area contributed by atoms with Crippen LogP contribution in [0.1, 0.15) is 11.1 Å². The minimum atomic E-state index is -6.46. The van der Waals surface area contributed by atoms with Gasteiger partial charge in [-0.1, -0.05) is 23.7 Å². The lowest BCUT2D eigenvalue weighted by atomic mass is 10.2. The second kappa shape index (κ2) is 9.51. The number of hydrazone groups is 1. The van der Waals surface area contributed by atoms with Crippen LogP contribution in [-0.4, -0.2) is 31.5 Å². The molecule has 31 heavy (non-hydrogen) atoms. The van der Waals surface area contributed by atoms with Crippen molar-refractivity contribution in [1.82, 2.24) is 5.43 Å². The Morgan fingerprint density at radius 2 is 1.68 bits per heavy atom. The number of rotatable bonds is 8. The van der Waals surface area contributed by atoms with E-state index in [-0.39, 0.29) is 28.1 Å². The van der Waals surface area contributed by atoms with Gasteiger partial charge in [0.2, 0.25) is 0 Å². The van der Waals surface area contributed by atoms with Gasteiger partial charge in [-0.15, -0.1) is 0 Å². The summed E-state index contributed by atoms with van der Waals surface area (Å²) < 4.78 is 99.6. The van der Waals surface area contributed by atoms with Crippen molar-refractivity contribution in [3.63, 3.8) is 0 Å². The molecule has 0 heterocycles. The van der Waals surface area contributed by atoms with Crippen molar-refractivity contribution >= 4 is 33.7 Å². The number of hydrogen-bond acceptors (Lipinski definition) is 4. The van der Waals surface area contributed by atoms with E-state index in [2.05, 4.69) is 21.0 Å². The predicted octanol–water partition coefficient (Wildman–Crippen LogP) is 6.40. The summed E-state index contributed by atoms with van der Waals surface area (Å²) >= 11 is 8.99. The fraction of sp³-hybridized carbons (Fsp3) is 0.278. The molecule has 0 atom stereocenters. The topological polar surface area (TPSA) is 42.8 Å². The van der Waals surface area contributed by atoms with Crippen molar-refractivity contribution < 1.29 is 40.2 Å². The van der Waals surface area contributed by atoms with Crippen LogP contribution in [0, 0.1) is 0 Å². The Morgan fingerprint density at radius 1 is 1.06 bits per heavy atom. The molecule has 2 aromatic rings. The highest BCUT2D eigenvalue weighted by molar-refractivity contribution is 9.10. The second-order valence-corrected chi connectivity index (χ2v) is 7.26. The first-order chi connectivity index (χ1) is 14.3. The minimum absolute atomic E-state index is 0.0428. The number of hydrogen-bond donors (Lipinski definition) is 1. The second-order valence-electron chi connectivity index (χ2n) is 5.97. The number of methoxy groups -OCH3 is 1. The van der Waals surface area contributed by atoms with Crippen LogP contribution in [0.25, 0.3) is 0 Å². The van der Waals surface area contributed by atoms with E-state index in [0.29, 0.717) is 16.7 Å². The average molecular weight is 538 g/mol. The van der Waals surface area contributed by atoms with E-state index in [1.54, 1.807) is 24.3 Å². The van der Waals surface area contributed by atoms with Crippen LogP contribution in [0.15, 0.2) is 46.0 Å². The molecule has 0 aliphatic rings. The first-order valence-electron chi connectivity index (χ1n) is 8.16. The molecular weight excluding hydrogens is 525 g/mol. The summed E-state index contributed by atoms with van der Waals surface area (Å²) in [5.41, 5.74) is 1.37. The standard InChI is InChI=1S/C18H13BrClF7N2O2/c1-30-14-7-11(8-28-29-18(26,27)16(21,22)17(23,24)25)6-13(19)15(14)31-9-10-2-4-12(20)5-3-10/h2-8,29H,9H2,1H3/b28-8+. The van der Waals surface area contributed by atoms with E-state index in [0.717, 1.165) is 5.56 Å². The number of benzene rings is 2. The molecule has 0 saturated heterocycles. The van der Waals surface area contributed by atoms with Crippen LogP contribution < -0.4 is 14.9 Å². The normalized spacial score (nSPS) is 12.8. The van der Waals surface area contributed by atoms with E-state index in [1.165, 1.54) is 19.2 Å². The van der Waals surface area contributed by atoms with Gasteiger partial charge in [0, 0.05) is 5.02 Å². The molecule has 0 aliphatic carbocycles. The Morgan fingerprint density at radius 3 is 2.23 bits per heavy atom. The zero-order chi connectivity index (χ0) is 23.4. The Hall–Kier alpha value is -2.21. The molecule has 0 fully saturated rings. The molecule has 170 valence electrons. The summed E-state index contributed by atoms with van der Waals surface area (Å²) in [6.45, 7) is 0.125. The third-order valence-electron chi connectivity index (χ3n) is 3.72. The Balaban J connectivity index is 2.16. The first kappa shape index (κ1) is 25.1. The smallest absolute Gasteiger partial charge is 0.462 e. The maximum atomic E-state index is 13.2. The van der Waals surface area contributed by atoms with Crippen molar-refractivity contribution in [2.75, 3.05) is 7.11 Å². The number of alkyl halides is 7. The molecule has 0 spiro atoms. The third kappa shape index (κ3) is 5.94. The number of ether oxygens (including phenoxy) is 2. The first-order valence-corrected chi connectivity index (χ1v) is 9.33. The summed E-state index contributed by atoms with van der Waals surface area (Å²) in [5.74, 6) is -5.97. The van der Waals surface area contributed by atoms with Crippen LogP contribution in [-0.2, 0) is 6.61 Å². The molecule has 0 saturated carbocycles. The molecule has 1 N–H and O–H groups in total. The van der Waals surface area contributed by atoms with Crippen LogP contribution in [0.5, 0.6) is 11.5 Å². The van der Waals surface area contributed by atoms with Gasteiger partial charge in [-0.05, 0) is 51.3 Å². The van der Waals surface area contributed by atoms with Gasteiger partial charge < -0.3 is 9.47 Å². The van der Waals surface area contributed by atoms with Crippen molar-refractivity contribution in [3.05, 3.63) is 57.0 Å². The Bertz CT molecular complexity index is 938. The summed E-state index contributed by atoms with van der Waals surface area (Å²) in [5, 5.41) is 3.35. The van der Waals surface area contributed by atoms with Gasteiger partial charge in [-0.2, -0.15) is 35.8 Å². The van der Waals surface area contributed by atoms with Crippen LogP contribution >= 0.6 is 27.5 Å². The summed E-state index contributed by atoms with van der Waals surface area (Å²) in [4.78, 5) is 0. The number of nitrogens with zero attached hydrogens (tertiary/aromatic N) is 1. The highest BCUT2D eigenvalue weighted by Gasteiger charge is 2.73. The molecule has 13 heteroatoms. The van der Waals surface area contributed by atoms with E-state index >= 15 is 0 Å². The van der Waals surface area contributed by atoms with Crippen LogP contribution in [0.4, 0.5) is 30.7 Å². The SMILES string of the molecule is COc1cc(/C=N/NC(F)(F)C(F)(F)C(F)(F)F)cc(Br)c1OCc1ccc(Cl)cc1. The number of halogens is 9. The number of nitrogens with one attached hydrogen (secondary N) is 1. The van der Waals surface area contributed by atoms with E-state index in [9.17, 15) is 30.7 Å². The van der Waals surface area contributed by atoms with Crippen molar-refractivity contribution in [3.8, 4) is 11.5 Å². The molecule has 0 aliphatic heterocycles. The van der Waals surface area contributed by atoms with Gasteiger partial charge in [-0.3, -0.25) is 0 Å². The maximum absolute atomic E-state index is 13.2. The fourth-order valence-corrected chi connectivity index (χ4v) is 2.83. The molecule has 2 rings (SSSR count). The Labute approximate surface area is 185 Å². The molecule has 0 aromatic heterocycles. The van der Waals surface area contributed by atoms with Gasteiger partial charge in [0.1, 0.15) is 6.61 Å². The molecule has 0 amide bonds. The van der Waals surface area contributed by atoms with Crippen molar-refractivity contribution in [1.29, 1.82) is 0 Å². The lowest BCUT2D eigenvalue weighted by Crippen LogP contribution is -2.58. The molecule has 2 aromatic carbocycles. The van der Waals surface area contributed by atoms with Gasteiger partial charge in [0.25, 0.3) is 0 Å². The van der Waals surface area contributed by atoms with Gasteiger partial charge in [0.05, 0.1) is 17.8 Å². The molecule has 0 unspecified atom stereocenters. The molecule has 4 nitrogen and oxygen atoms in total. The lowest BCUT2D eigenvalue weighted by molar-refractivity contribution is -0.361. The van der Waals surface area contributed by atoms with E-state index in [1.807, 2.05) is 0 Å². The summed E-state index contributed by atoms with van der Waals surface area (Å²) in [6.07, 6.45) is -5.84. The van der Waals surface area contributed by atoms with Crippen molar-refractivity contribution in [2.24, 2.45) is 5.10 Å². The van der Waals surface area contributed by atoms with E-state index in [4.69, 9.17) is 21.1 Å². The monoisotopic (exact) mass is 536 g/mol. The quantitative estimate of drug-likeness (QED) is 0.183. The third-order valence-corrected chi connectivity index (χ3v) is 4.56. The largest absolute Gasteiger partial charge is 0.493 e. The fourth-order valence-electron chi connectivity index (χ4n) is 2.13. The van der Waals surface area contributed by atoms with Gasteiger partial charge in [-0.25, -0.2) is 5.43 Å². The lowest BCUT2D eigenvalue weighted by Gasteiger charge is -2.27. The average Bonchev–Trinajstić information content (AvgIpc) is 2.67. The molecule has 0 bridgehead atoms. The maximum Gasteiger partial charge on any atom is 0.462 e. The summed E-state index contributed by atoms with van der Waals surface area (Å²) in [7, 11) is 1.29. The van der Waals surface area contributed by atoms with Gasteiger partial charge >= 0.3 is 18.1 Å². The highest BCUT2D eigenvalue weighted by Crippen LogP contribution is 2.45. The van der Waals surface area contributed by atoms with Crippen LogP contribution in [0.2, 0.25) is 5.02 Å². The Kier molecular flexibility index (Phi) is 7.69. The van der Waals surface area contributed by atoms with Crippen LogP contribution in [0.3, 0.4) is 0 Å². The molecular formula is C18H13BrClF7N2O2.